The molecular formula is C19H22O5. The Bertz CT molecular complexity index is 658. The number of rotatable bonds is 4. The molecule has 0 unspecified atom stereocenters. The molecule has 3 rings (SSSR count). The fraction of sp³-hybridized carbons (Fsp3) is 0.368. The van der Waals surface area contributed by atoms with E-state index in [2.05, 4.69) is 0 Å². The van der Waals surface area contributed by atoms with Gasteiger partial charge in [0, 0.05) is 0 Å². The Balaban J connectivity index is 1.91. The van der Waals surface area contributed by atoms with Gasteiger partial charge in [-0.3, -0.25) is 0 Å². The normalized spacial score (nSPS) is 30.2. The second-order valence-electron chi connectivity index (χ2n) is 6.11. The van der Waals surface area contributed by atoms with Gasteiger partial charge in [-0.1, -0.05) is 54.6 Å². The predicted molar refractivity (Wildman–Crippen MR) is 88.4 cm³/mol. The van der Waals surface area contributed by atoms with E-state index in [-0.39, 0.29) is 0 Å². The maximum atomic E-state index is 10.3. The van der Waals surface area contributed by atoms with Crippen molar-refractivity contribution < 1.29 is 25.2 Å². The average molecular weight is 330 g/mol. The number of ether oxygens (including phenoxy) is 1. The average Bonchev–Trinajstić information content (AvgIpc) is 2.62. The molecule has 0 aliphatic carbocycles. The third kappa shape index (κ3) is 3.36. The zero-order valence-corrected chi connectivity index (χ0v) is 13.2. The smallest absolute Gasteiger partial charge is 0.113 e. The topological polar surface area (TPSA) is 90.2 Å². The van der Waals surface area contributed by atoms with E-state index < -0.39 is 37.1 Å². The molecule has 1 aliphatic rings. The van der Waals surface area contributed by atoms with Crippen molar-refractivity contribution in [3.63, 3.8) is 0 Å². The summed E-state index contributed by atoms with van der Waals surface area (Å²) in [5.74, 6) is 0. The van der Waals surface area contributed by atoms with E-state index in [0.29, 0.717) is 6.42 Å². The van der Waals surface area contributed by atoms with E-state index in [1.54, 1.807) is 0 Å². The van der Waals surface area contributed by atoms with Gasteiger partial charge in [0.25, 0.3) is 0 Å². The molecule has 24 heavy (non-hydrogen) atoms. The SMILES string of the molecule is OC[C@H]1O[C@@H](c2ccccc2Cc2ccccc2)[C@H](O)[C@@H](O)[C@@H]1O. The van der Waals surface area contributed by atoms with Gasteiger partial charge in [-0.15, -0.1) is 0 Å². The van der Waals surface area contributed by atoms with E-state index >= 15 is 0 Å². The van der Waals surface area contributed by atoms with Gasteiger partial charge in [0.1, 0.15) is 30.5 Å². The summed E-state index contributed by atoms with van der Waals surface area (Å²) in [6, 6.07) is 17.4. The van der Waals surface area contributed by atoms with Crippen LogP contribution in [0.5, 0.6) is 0 Å². The van der Waals surface area contributed by atoms with Crippen LogP contribution >= 0.6 is 0 Å². The van der Waals surface area contributed by atoms with Crippen LogP contribution < -0.4 is 0 Å². The second kappa shape index (κ2) is 7.42. The molecule has 4 N–H and O–H groups in total. The van der Waals surface area contributed by atoms with Crippen molar-refractivity contribution in [2.75, 3.05) is 6.61 Å². The van der Waals surface area contributed by atoms with Crippen molar-refractivity contribution in [1.29, 1.82) is 0 Å². The summed E-state index contributed by atoms with van der Waals surface area (Å²) in [4.78, 5) is 0. The first-order valence-corrected chi connectivity index (χ1v) is 8.04. The van der Waals surface area contributed by atoms with Crippen LogP contribution in [0.15, 0.2) is 54.6 Å². The minimum atomic E-state index is -1.37. The van der Waals surface area contributed by atoms with Crippen LogP contribution in [0.25, 0.3) is 0 Å². The third-order valence-electron chi connectivity index (χ3n) is 4.49. The van der Waals surface area contributed by atoms with Crippen molar-refractivity contribution >= 4 is 0 Å². The van der Waals surface area contributed by atoms with Crippen molar-refractivity contribution in [2.45, 2.75) is 36.9 Å². The highest BCUT2D eigenvalue weighted by Gasteiger charge is 2.44. The summed E-state index contributed by atoms with van der Waals surface area (Å²) in [5.41, 5.74) is 2.83. The zero-order chi connectivity index (χ0) is 17.1. The molecule has 1 saturated heterocycles. The highest BCUT2D eigenvalue weighted by atomic mass is 16.5. The first-order valence-electron chi connectivity index (χ1n) is 8.04. The quantitative estimate of drug-likeness (QED) is 0.666. The van der Waals surface area contributed by atoms with Gasteiger partial charge in [0.05, 0.1) is 6.61 Å². The molecule has 5 heteroatoms. The maximum Gasteiger partial charge on any atom is 0.113 e. The lowest BCUT2D eigenvalue weighted by Crippen LogP contribution is -2.55. The number of aliphatic hydroxyl groups is 4. The van der Waals surface area contributed by atoms with Crippen molar-refractivity contribution in [3.05, 3.63) is 71.3 Å². The second-order valence-corrected chi connectivity index (χ2v) is 6.11. The van der Waals surface area contributed by atoms with Crippen LogP contribution in [0.3, 0.4) is 0 Å². The van der Waals surface area contributed by atoms with Gasteiger partial charge < -0.3 is 25.2 Å². The standard InChI is InChI=1S/C19H22O5/c20-11-15-16(21)17(22)18(23)19(24-15)14-9-5-4-8-13(14)10-12-6-2-1-3-7-12/h1-9,15-23H,10-11H2/t15-,16-,17+,18-,19+/m1/s1. The van der Waals surface area contributed by atoms with Crippen LogP contribution in [-0.2, 0) is 11.2 Å². The molecule has 0 aromatic heterocycles. The summed E-state index contributed by atoms with van der Waals surface area (Å²) in [7, 11) is 0. The van der Waals surface area contributed by atoms with E-state index in [1.165, 1.54) is 0 Å². The van der Waals surface area contributed by atoms with Crippen LogP contribution in [0, 0.1) is 0 Å². The van der Waals surface area contributed by atoms with Crippen molar-refractivity contribution in [3.8, 4) is 0 Å². The van der Waals surface area contributed by atoms with E-state index in [9.17, 15) is 20.4 Å². The van der Waals surface area contributed by atoms with Crippen LogP contribution in [0.4, 0.5) is 0 Å². The third-order valence-corrected chi connectivity index (χ3v) is 4.49. The molecule has 0 amide bonds. The van der Waals surface area contributed by atoms with Crippen LogP contribution in [0.2, 0.25) is 0 Å². The fourth-order valence-electron chi connectivity index (χ4n) is 3.15. The summed E-state index contributed by atoms with van der Waals surface area (Å²) < 4.78 is 5.68. The van der Waals surface area contributed by atoms with Gasteiger partial charge in [-0.05, 0) is 23.1 Å². The largest absolute Gasteiger partial charge is 0.394 e. The Hall–Kier alpha value is -1.76. The lowest BCUT2D eigenvalue weighted by atomic mass is 9.88. The minimum Gasteiger partial charge on any atom is -0.394 e. The summed E-state index contributed by atoms with van der Waals surface area (Å²) in [6.45, 7) is -0.428. The molecule has 0 bridgehead atoms. The Labute approximate surface area is 140 Å². The molecule has 1 fully saturated rings. The summed E-state index contributed by atoms with van der Waals surface area (Å²) >= 11 is 0. The van der Waals surface area contributed by atoms with Gasteiger partial charge in [0.15, 0.2) is 0 Å². The van der Waals surface area contributed by atoms with Gasteiger partial charge in [0.2, 0.25) is 0 Å². The summed E-state index contributed by atoms with van der Waals surface area (Å²) in [6.07, 6.45) is -5.03. The Kier molecular flexibility index (Phi) is 5.28. The van der Waals surface area contributed by atoms with Gasteiger partial charge >= 0.3 is 0 Å². The lowest BCUT2D eigenvalue weighted by Gasteiger charge is -2.40. The number of benzene rings is 2. The highest BCUT2D eigenvalue weighted by molar-refractivity contribution is 5.35. The molecule has 2 aromatic rings. The fourth-order valence-corrected chi connectivity index (χ4v) is 3.15. The molecular weight excluding hydrogens is 308 g/mol. The molecule has 0 spiro atoms. The van der Waals surface area contributed by atoms with Crippen LogP contribution in [-0.4, -0.2) is 51.4 Å². The molecule has 0 radical (unpaired) electrons. The molecule has 5 nitrogen and oxygen atoms in total. The van der Waals surface area contributed by atoms with Gasteiger partial charge in [-0.2, -0.15) is 0 Å². The van der Waals surface area contributed by atoms with Crippen molar-refractivity contribution in [2.24, 2.45) is 0 Å². The zero-order valence-electron chi connectivity index (χ0n) is 13.2. The van der Waals surface area contributed by atoms with Crippen LogP contribution in [0.1, 0.15) is 22.8 Å². The van der Waals surface area contributed by atoms with Crippen molar-refractivity contribution in [1.82, 2.24) is 0 Å². The van der Waals surface area contributed by atoms with E-state index in [1.807, 2.05) is 54.6 Å². The maximum absolute atomic E-state index is 10.3. The summed E-state index contributed by atoms with van der Waals surface area (Å²) in [5, 5.41) is 39.7. The molecule has 1 heterocycles. The molecule has 128 valence electrons. The Morgan fingerprint density at radius 3 is 2.17 bits per heavy atom. The first-order chi connectivity index (χ1) is 11.6. The van der Waals surface area contributed by atoms with E-state index in [0.717, 1.165) is 16.7 Å². The molecule has 2 aromatic carbocycles. The minimum absolute atomic E-state index is 0.428. The number of hydrogen-bond donors (Lipinski definition) is 4. The number of aliphatic hydroxyl groups excluding tert-OH is 4. The first kappa shape index (κ1) is 17.1. The highest BCUT2D eigenvalue weighted by Crippen LogP contribution is 2.34. The molecule has 1 aliphatic heterocycles. The Morgan fingerprint density at radius 1 is 0.792 bits per heavy atom. The Morgan fingerprint density at radius 2 is 1.46 bits per heavy atom. The molecule has 0 saturated carbocycles. The van der Waals surface area contributed by atoms with E-state index in [4.69, 9.17) is 4.74 Å². The van der Waals surface area contributed by atoms with Gasteiger partial charge in [-0.25, -0.2) is 0 Å². The predicted octanol–water partition coefficient (Wildman–Crippen LogP) is 0.792. The lowest BCUT2D eigenvalue weighted by molar-refractivity contribution is -0.231. The molecule has 5 atom stereocenters. The number of hydrogen-bond acceptors (Lipinski definition) is 5. The monoisotopic (exact) mass is 330 g/mol.